The van der Waals surface area contributed by atoms with Crippen molar-refractivity contribution >= 4 is 0 Å². The second kappa shape index (κ2) is 9.57. The summed E-state index contributed by atoms with van der Waals surface area (Å²) < 4.78 is 43.3. The number of aryl methyl sites for hydroxylation is 1. The Balaban J connectivity index is 1.47. The van der Waals surface area contributed by atoms with Crippen LogP contribution in [0.2, 0.25) is 0 Å². The smallest absolute Gasteiger partial charge is 0.342 e. The highest BCUT2D eigenvalue weighted by molar-refractivity contribution is 5.53. The van der Waals surface area contributed by atoms with Crippen molar-refractivity contribution in [3.05, 3.63) is 65.8 Å². The van der Waals surface area contributed by atoms with Crippen molar-refractivity contribution in [3.63, 3.8) is 0 Å². The number of pyridine rings is 1. The summed E-state index contributed by atoms with van der Waals surface area (Å²) in [4.78, 5) is 10.9. The highest BCUT2D eigenvalue weighted by Gasteiger charge is 2.30. The Bertz CT molecular complexity index is 954. The third-order valence-electron chi connectivity index (χ3n) is 5.60. The monoisotopic (exact) mass is 431 g/mol. The van der Waals surface area contributed by atoms with E-state index in [0.717, 1.165) is 67.8 Å². The lowest BCUT2D eigenvalue weighted by atomic mass is 9.97. The molecule has 1 aromatic carbocycles. The Labute approximate surface area is 178 Å². The van der Waals surface area contributed by atoms with E-state index in [0.29, 0.717) is 12.2 Å². The molecule has 2 aromatic heterocycles. The average molecular weight is 431 g/mol. The average Bonchev–Trinajstić information content (AvgIpc) is 3.32. The lowest BCUT2D eigenvalue weighted by molar-refractivity contribution is -0.137. The predicted octanol–water partition coefficient (Wildman–Crippen LogP) is 3.60. The van der Waals surface area contributed by atoms with Gasteiger partial charge in [0.25, 0.3) is 0 Å². The van der Waals surface area contributed by atoms with E-state index >= 15 is 0 Å². The second-order valence-electron chi connectivity index (χ2n) is 7.71. The van der Waals surface area contributed by atoms with Crippen molar-refractivity contribution in [1.29, 1.82) is 0 Å². The number of hydrogen-bond acceptors (Lipinski definition) is 6. The van der Waals surface area contributed by atoms with Gasteiger partial charge in [0.1, 0.15) is 0 Å². The minimum Gasteiger partial charge on any atom is -0.342 e. The number of piperazine rings is 1. The molecular formula is C22H24F3N5O. The van der Waals surface area contributed by atoms with Gasteiger partial charge in [0, 0.05) is 50.2 Å². The van der Waals surface area contributed by atoms with Gasteiger partial charge in [-0.2, -0.15) is 18.2 Å². The van der Waals surface area contributed by atoms with Gasteiger partial charge in [0.05, 0.1) is 5.56 Å². The number of rotatable bonds is 7. The number of nitrogens with one attached hydrogen (secondary N) is 1. The molecule has 1 fully saturated rings. The minimum absolute atomic E-state index is 0.256. The van der Waals surface area contributed by atoms with Crippen LogP contribution in [-0.4, -0.2) is 52.2 Å². The molecule has 9 heteroatoms. The molecule has 1 N–H and O–H groups in total. The van der Waals surface area contributed by atoms with Crippen LogP contribution < -0.4 is 5.32 Å². The topological polar surface area (TPSA) is 67.1 Å². The maximum Gasteiger partial charge on any atom is 0.416 e. The highest BCUT2D eigenvalue weighted by atomic mass is 19.4. The van der Waals surface area contributed by atoms with E-state index in [-0.39, 0.29) is 6.04 Å². The molecule has 1 atom stereocenters. The fourth-order valence-electron chi connectivity index (χ4n) is 3.95. The van der Waals surface area contributed by atoms with Gasteiger partial charge in [-0.15, -0.1) is 0 Å². The van der Waals surface area contributed by atoms with Gasteiger partial charge in [-0.25, -0.2) is 0 Å². The highest BCUT2D eigenvalue weighted by Crippen LogP contribution is 2.29. The Morgan fingerprint density at radius 3 is 2.52 bits per heavy atom. The summed E-state index contributed by atoms with van der Waals surface area (Å²) in [7, 11) is 0. The molecule has 0 spiro atoms. The fraction of sp³-hybridized carbons (Fsp3) is 0.409. The van der Waals surface area contributed by atoms with Crippen molar-refractivity contribution in [2.75, 3.05) is 26.2 Å². The fourth-order valence-corrected chi connectivity index (χ4v) is 3.95. The van der Waals surface area contributed by atoms with E-state index in [2.05, 4.69) is 25.3 Å². The van der Waals surface area contributed by atoms with Gasteiger partial charge in [0.2, 0.25) is 12.2 Å². The van der Waals surface area contributed by atoms with E-state index in [9.17, 15) is 13.2 Å². The number of halogens is 3. The molecule has 0 bridgehead atoms. The normalized spacial score (nSPS) is 16.4. The minimum atomic E-state index is -4.31. The van der Waals surface area contributed by atoms with Crippen molar-refractivity contribution in [2.24, 2.45) is 0 Å². The molecule has 4 rings (SSSR count). The summed E-state index contributed by atoms with van der Waals surface area (Å²) in [6.45, 7) is 3.74. The van der Waals surface area contributed by atoms with E-state index < -0.39 is 11.7 Å². The largest absolute Gasteiger partial charge is 0.416 e. The zero-order chi connectivity index (χ0) is 21.7. The summed E-state index contributed by atoms with van der Waals surface area (Å²) in [5.41, 5.74) is 2.16. The van der Waals surface area contributed by atoms with Gasteiger partial charge in [-0.3, -0.25) is 9.88 Å². The number of benzene rings is 1. The quantitative estimate of drug-likeness (QED) is 0.617. The molecule has 1 aliphatic heterocycles. The van der Waals surface area contributed by atoms with Gasteiger partial charge >= 0.3 is 6.18 Å². The first-order chi connectivity index (χ1) is 15.0. The molecule has 1 unspecified atom stereocenters. The van der Waals surface area contributed by atoms with Crippen molar-refractivity contribution in [3.8, 4) is 11.4 Å². The molecule has 6 nitrogen and oxygen atoms in total. The SMILES string of the molecule is FC(F)(F)c1ccc(CCC(Cc2cncc(-c3ncon3)c2)N2CCNCC2)cc1. The van der Waals surface area contributed by atoms with Crippen LogP contribution in [0.3, 0.4) is 0 Å². The van der Waals surface area contributed by atoms with E-state index in [4.69, 9.17) is 4.52 Å². The molecule has 3 heterocycles. The summed E-state index contributed by atoms with van der Waals surface area (Å²) >= 11 is 0. The number of nitrogens with zero attached hydrogens (tertiary/aromatic N) is 4. The zero-order valence-electron chi connectivity index (χ0n) is 17.0. The zero-order valence-corrected chi connectivity index (χ0v) is 17.0. The van der Waals surface area contributed by atoms with Crippen LogP contribution in [0.4, 0.5) is 13.2 Å². The third-order valence-corrected chi connectivity index (χ3v) is 5.60. The standard InChI is InChI=1S/C22H24F3N5O/c23-22(24,25)19-4-1-16(2-5-19)3-6-20(30-9-7-26-8-10-30)12-17-11-18(14-27-13-17)21-28-15-31-29-21/h1-2,4-5,11,13-15,20,26H,3,6-10,12H2. The van der Waals surface area contributed by atoms with Crippen LogP contribution in [0.1, 0.15) is 23.1 Å². The first kappa shape index (κ1) is 21.5. The molecule has 3 aromatic rings. The molecule has 0 amide bonds. The van der Waals surface area contributed by atoms with Gasteiger partial charge in [-0.1, -0.05) is 17.3 Å². The Kier molecular flexibility index (Phi) is 6.62. The summed E-state index contributed by atoms with van der Waals surface area (Å²) in [5, 5.41) is 7.24. The maximum absolute atomic E-state index is 12.8. The Hall–Kier alpha value is -2.78. The van der Waals surface area contributed by atoms with Crippen LogP contribution in [-0.2, 0) is 19.0 Å². The van der Waals surface area contributed by atoms with Crippen LogP contribution >= 0.6 is 0 Å². The molecule has 0 radical (unpaired) electrons. The lowest BCUT2D eigenvalue weighted by Crippen LogP contribution is -2.49. The molecule has 1 saturated heterocycles. The van der Waals surface area contributed by atoms with Crippen LogP contribution in [0, 0.1) is 0 Å². The lowest BCUT2D eigenvalue weighted by Gasteiger charge is -2.35. The predicted molar refractivity (Wildman–Crippen MR) is 109 cm³/mol. The van der Waals surface area contributed by atoms with E-state index in [1.165, 1.54) is 6.39 Å². The van der Waals surface area contributed by atoms with Crippen molar-refractivity contribution in [2.45, 2.75) is 31.5 Å². The Morgan fingerprint density at radius 2 is 1.84 bits per heavy atom. The third kappa shape index (κ3) is 5.68. The van der Waals surface area contributed by atoms with Crippen LogP contribution in [0.15, 0.2) is 53.6 Å². The van der Waals surface area contributed by atoms with Crippen LogP contribution in [0.5, 0.6) is 0 Å². The molecule has 1 aliphatic rings. The van der Waals surface area contributed by atoms with Gasteiger partial charge in [-0.05, 0) is 48.6 Å². The van der Waals surface area contributed by atoms with E-state index in [1.54, 1.807) is 18.3 Å². The number of alkyl halides is 3. The molecule has 164 valence electrons. The molecule has 0 aliphatic carbocycles. The molecule has 31 heavy (non-hydrogen) atoms. The number of hydrogen-bond donors (Lipinski definition) is 1. The van der Waals surface area contributed by atoms with Crippen LogP contribution in [0.25, 0.3) is 11.4 Å². The molecular weight excluding hydrogens is 407 g/mol. The Morgan fingerprint density at radius 1 is 1.06 bits per heavy atom. The first-order valence-corrected chi connectivity index (χ1v) is 10.3. The van der Waals surface area contributed by atoms with E-state index in [1.807, 2.05) is 12.3 Å². The summed E-state index contributed by atoms with van der Waals surface area (Å²) in [6, 6.07) is 7.75. The van der Waals surface area contributed by atoms with Gasteiger partial charge < -0.3 is 9.84 Å². The van der Waals surface area contributed by atoms with Crippen molar-refractivity contribution < 1.29 is 17.7 Å². The summed E-state index contributed by atoms with van der Waals surface area (Å²) in [5.74, 6) is 0.498. The summed E-state index contributed by atoms with van der Waals surface area (Å²) in [6.07, 6.45) is 2.88. The first-order valence-electron chi connectivity index (χ1n) is 10.3. The maximum atomic E-state index is 12.8. The molecule has 0 saturated carbocycles. The number of aromatic nitrogens is 3. The van der Waals surface area contributed by atoms with Crippen molar-refractivity contribution in [1.82, 2.24) is 25.3 Å². The second-order valence-corrected chi connectivity index (χ2v) is 7.71. The van der Waals surface area contributed by atoms with Gasteiger partial charge in [0.15, 0.2) is 0 Å².